The lowest BCUT2D eigenvalue weighted by Crippen LogP contribution is -2.27. The number of ether oxygens (including phenoxy) is 1. The number of hydrogen-bond donors (Lipinski definition) is 0. The molecule has 0 amide bonds. The Morgan fingerprint density at radius 2 is 2.06 bits per heavy atom. The highest BCUT2D eigenvalue weighted by Gasteiger charge is 2.56. The Morgan fingerprint density at radius 1 is 1.44 bits per heavy atom. The topological polar surface area (TPSA) is 57.0 Å². The fourth-order valence-electron chi connectivity index (χ4n) is 2.15. The molecule has 0 atom stereocenters. The molecule has 0 aromatic carbocycles. The van der Waals surface area contributed by atoms with E-state index < -0.39 is 5.41 Å². The predicted octanol–water partition coefficient (Wildman–Crippen LogP) is 1.37. The standard InChI is InChI=1S/C11H17N3O2/c1-7(2)14-8(3)12-13-9(14)11(5-6-11)10(15)16-4/h7H,5-6H2,1-4H3. The van der Waals surface area contributed by atoms with Crippen LogP contribution in [0.15, 0.2) is 0 Å². The van der Waals surface area contributed by atoms with Crippen molar-refractivity contribution in [2.45, 2.75) is 45.1 Å². The van der Waals surface area contributed by atoms with Gasteiger partial charge in [-0.3, -0.25) is 4.79 Å². The molecule has 1 aromatic heterocycles. The molecular weight excluding hydrogens is 206 g/mol. The molecule has 1 heterocycles. The van der Waals surface area contributed by atoms with Crippen molar-refractivity contribution in [3.63, 3.8) is 0 Å². The summed E-state index contributed by atoms with van der Waals surface area (Å²) in [6.07, 6.45) is 1.62. The van der Waals surface area contributed by atoms with Gasteiger partial charge in [0.15, 0.2) is 5.82 Å². The van der Waals surface area contributed by atoms with Crippen LogP contribution in [0, 0.1) is 6.92 Å². The Balaban J connectivity index is 2.45. The lowest BCUT2D eigenvalue weighted by molar-refractivity contribution is -0.144. The number of rotatable bonds is 3. The zero-order valence-corrected chi connectivity index (χ0v) is 10.1. The Kier molecular flexibility index (Phi) is 2.48. The lowest BCUT2D eigenvalue weighted by Gasteiger charge is -2.17. The van der Waals surface area contributed by atoms with Crippen LogP contribution in [0.25, 0.3) is 0 Å². The first-order valence-electron chi connectivity index (χ1n) is 5.53. The van der Waals surface area contributed by atoms with Crippen LogP contribution in [-0.4, -0.2) is 27.8 Å². The van der Waals surface area contributed by atoms with E-state index in [4.69, 9.17) is 4.74 Å². The molecule has 0 radical (unpaired) electrons. The molecule has 0 bridgehead atoms. The predicted molar refractivity (Wildman–Crippen MR) is 58.1 cm³/mol. The highest BCUT2D eigenvalue weighted by atomic mass is 16.5. The number of hydrogen-bond acceptors (Lipinski definition) is 4. The van der Waals surface area contributed by atoms with Gasteiger partial charge in [-0.05, 0) is 33.6 Å². The van der Waals surface area contributed by atoms with Gasteiger partial charge in [0, 0.05) is 6.04 Å². The quantitative estimate of drug-likeness (QED) is 0.726. The van der Waals surface area contributed by atoms with E-state index in [9.17, 15) is 4.79 Å². The minimum absolute atomic E-state index is 0.193. The summed E-state index contributed by atoms with van der Waals surface area (Å²) in [5, 5.41) is 8.22. The second-order valence-corrected chi connectivity index (χ2v) is 4.61. The van der Waals surface area contributed by atoms with E-state index in [1.165, 1.54) is 7.11 Å². The summed E-state index contributed by atoms with van der Waals surface area (Å²) < 4.78 is 6.87. The zero-order valence-electron chi connectivity index (χ0n) is 10.1. The molecule has 1 aromatic rings. The highest BCUT2D eigenvalue weighted by molar-refractivity contribution is 5.85. The minimum Gasteiger partial charge on any atom is -0.468 e. The maximum absolute atomic E-state index is 11.8. The largest absolute Gasteiger partial charge is 0.468 e. The van der Waals surface area contributed by atoms with Crippen molar-refractivity contribution in [2.24, 2.45) is 0 Å². The molecule has 0 N–H and O–H groups in total. The van der Waals surface area contributed by atoms with E-state index in [2.05, 4.69) is 24.0 Å². The van der Waals surface area contributed by atoms with Crippen LogP contribution in [-0.2, 0) is 14.9 Å². The number of nitrogens with zero attached hydrogens (tertiary/aromatic N) is 3. The van der Waals surface area contributed by atoms with Crippen molar-refractivity contribution in [1.29, 1.82) is 0 Å². The van der Waals surface area contributed by atoms with Crippen molar-refractivity contribution in [2.75, 3.05) is 7.11 Å². The first-order valence-corrected chi connectivity index (χ1v) is 5.53. The minimum atomic E-state index is -0.528. The van der Waals surface area contributed by atoms with Crippen LogP contribution in [0.5, 0.6) is 0 Å². The number of aryl methyl sites for hydroxylation is 1. The normalized spacial score (nSPS) is 17.6. The van der Waals surface area contributed by atoms with Gasteiger partial charge in [-0.1, -0.05) is 0 Å². The number of esters is 1. The van der Waals surface area contributed by atoms with Crippen molar-refractivity contribution in [1.82, 2.24) is 14.8 Å². The average molecular weight is 223 g/mol. The molecule has 0 aliphatic heterocycles. The number of aromatic nitrogens is 3. The SMILES string of the molecule is COC(=O)C1(c2nnc(C)n2C(C)C)CC1. The number of methoxy groups -OCH3 is 1. The summed E-state index contributed by atoms with van der Waals surface area (Å²) in [6.45, 7) is 6.03. The van der Waals surface area contributed by atoms with E-state index in [1.807, 2.05) is 11.5 Å². The zero-order chi connectivity index (χ0) is 11.9. The van der Waals surface area contributed by atoms with Gasteiger partial charge in [0.05, 0.1) is 7.11 Å². The molecule has 0 unspecified atom stereocenters. The molecular formula is C11H17N3O2. The molecule has 1 aliphatic carbocycles. The lowest BCUT2D eigenvalue weighted by atomic mass is 10.1. The van der Waals surface area contributed by atoms with Crippen LogP contribution in [0.3, 0.4) is 0 Å². The van der Waals surface area contributed by atoms with Gasteiger partial charge in [0.25, 0.3) is 0 Å². The fourth-order valence-corrected chi connectivity index (χ4v) is 2.15. The molecule has 1 fully saturated rings. The molecule has 1 saturated carbocycles. The van der Waals surface area contributed by atoms with E-state index >= 15 is 0 Å². The summed E-state index contributed by atoms with van der Waals surface area (Å²) in [5.74, 6) is 1.41. The molecule has 5 nitrogen and oxygen atoms in total. The summed E-state index contributed by atoms with van der Waals surface area (Å²) in [5.41, 5.74) is -0.528. The van der Waals surface area contributed by atoms with Gasteiger partial charge < -0.3 is 9.30 Å². The molecule has 1 aliphatic rings. The summed E-state index contributed by atoms with van der Waals surface area (Å²) in [7, 11) is 1.42. The van der Waals surface area contributed by atoms with Crippen molar-refractivity contribution < 1.29 is 9.53 Å². The van der Waals surface area contributed by atoms with Crippen LogP contribution < -0.4 is 0 Å². The molecule has 0 spiro atoms. The monoisotopic (exact) mass is 223 g/mol. The van der Waals surface area contributed by atoms with Gasteiger partial charge in [0.2, 0.25) is 0 Å². The summed E-state index contributed by atoms with van der Waals surface area (Å²) in [4.78, 5) is 11.8. The third-order valence-electron chi connectivity index (χ3n) is 3.14. The van der Waals surface area contributed by atoms with Crippen molar-refractivity contribution in [3.05, 3.63) is 11.6 Å². The van der Waals surface area contributed by atoms with Crippen LogP contribution in [0.4, 0.5) is 0 Å². The van der Waals surface area contributed by atoms with E-state index in [0.717, 1.165) is 24.5 Å². The van der Waals surface area contributed by atoms with Crippen LogP contribution in [0.1, 0.15) is 44.4 Å². The Labute approximate surface area is 94.8 Å². The van der Waals surface area contributed by atoms with Gasteiger partial charge in [0.1, 0.15) is 11.2 Å². The van der Waals surface area contributed by atoms with Gasteiger partial charge in [-0.15, -0.1) is 10.2 Å². The fraction of sp³-hybridized carbons (Fsp3) is 0.727. The van der Waals surface area contributed by atoms with E-state index in [1.54, 1.807) is 0 Å². The number of carbonyl (C=O) groups is 1. The van der Waals surface area contributed by atoms with Gasteiger partial charge in [-0.25, -0.2) is 0 Å². The van der Waals surface area contributed by atoms with Gasteiger partial charge >= 0.3 is 5.97 Å². The summed E-state index contributed by atoms with van der Waals surface area (Å²) in [6, 6.07) is 0.257. The number of carbonyl (C=O) groups excluding carboxylic acids is 1. The smallest absolute Gasteiger partial charge is 0.319 e. The molecule has 16 heavy (non-hydrogen) atoms. The summed E-state index contributed by atoms with van der Waals surface area (Å²) >= 11 is 0. The molecule has 5 heteroatoms. The van der Waals surface area contributed by atoms with E-state index in [-0.39, 0.29) is 12.0 Å². The van der Waals surface area contributed by atoms with Crippen LogP contribution >= 0.6 is 0 Å². The Morgan fingerprint density at radius 3 is 2.50 bits per heavy atom. The van der Waals surface area contributed by atoms with Crippen molar-refractivity contribution in [3.8, 4) is 0 Å². The maximum atomic E-state index is 11.8. The molecule has 88 valence electrons. The maximum Gasteiger partial charge on any atom is 0.319 e. The first kappa shape index (κ1) is 11.1. The van der Waals surface area contributed by atoms with E-state index in [0.29, 0.717) is 0 Å². The third kappa shape index (κ3) is 1.42. The molecule has 0 saturated heterocycles. The van der Waals surface area contributed by atoms with Crippen molar-refractivity contribution >= 4 is 5.97 Å². The third-order valence-corrected chi connectivity index (χ3v) is 3.14. The Hall–Kier alpha value is -1.39. The average Bonchev–Trinajstić information content (AvgIpc) is 2.95. The first-order chi connectivity index (χ1) is 7.53. The highest BCUT2D eigenvalue weighted by Crippen LogP contribution is 2.48. The molecule has 2 rings (SSSR count). The second kappa shape index (κ2) is 3.57. The Bertz CT molecular complexity index is 419. The second-order valence-electron chi connectivity index (χ2n) is 4.61. The van der Waals surface area contributed by atoms with Gasteiger partial charge in [-0.2, -0.15) is 0 Å². The van der Waals surface area contributed by atoms with Crippen LogP contribution in [0.2, 0.25) is 0 Å².